The van der Waals surface area contributed by atoms with Crippen molar-refractivity contribution in [1.82, 2.24) is 4.90 Å². The zero-order chi connectivity index (χ0) is 14.0. The normalized spacial score (nSPS) is 39.7. The number of ether oxygens (including phenoxy) is 1. The Morgan fingerprint density at radius 3 is 2.58 bits per heavy atom. The van der Waals surface area contributed by atoms with Crippen molar-refractivity contribution in [2.75, 3.05) is 26.7 Å². The Labute approximate surface area is 116 Å². The van der Waals surface area contributed by atoms with Crippen LogP contribution in [0.15, 0.2) is 0 Å². The third-order valence-corrected chi connectivity index (χ3v) is 5.29. The van der Waals surface area contributed by atoms with E-state index in [0.717, 1.165) is 44.1 Å². The van der Waals surface area contributed by atoms with Gasteiger partial charge in [-0.25, -0.2) is 0 Å². The van der Waals surface area contributed by atoms with Gasteiger partial charge in [-0.3, -0.25) is 4.79 Å². The zero-order valence-electron chi connectivity index (χ0n) is 12.5. The van der Waals surface area contributed by atoms with Gasteiger partial charge in [-0.2, -0.15) is 0 Å². The molecule has 0 amide bonds. The molecule has 4 atom stereocenters. The van der Waals surface area contributed by atoms with Crippen LogP contribution in [0.2, 0.25) is 0 Å². The second-order valence-electron chi connectivity index (χ2n) is 6.62. The summed E-state index contributed by atoms with van der Waals surface area (Å²) in [4.78, 5) is 14.4. The molecule has 4 nitrogen and oxygen atoms in total. The van der Waals surface area contributed by atoms with Crippen LogP contribution in [0.25, 0.3) is 0 Å². The van der Waals surface area contributed by atoms with E-state index in [0.29, 0.717) is 0 Å². The van der Waals surface area contributed by atoms with Crippen LogP contribution in [-0.2, 0) is 9.53 Å². The molecule has 0 aromatic rings. The molecule has 110 valence electrons. The van der Waals surface area contributed by atoms with Crippen LogP contribution in [0.5, 0.6) is 0 Å². The molecule has 2 fully saturated rings. The van der Waals surface area contributed by atoms with Crippen molar-refractivity contribution in [2.45, 2.75) is 45.1 Å². The monoisotopic (exact) mass is 268 g/mol. The van der Waals surface area contributed by atoms with E-state index in [9.17, 15) is 4.79 Å². The summed E-state index contributed by atoms with van der Waals surface area (Å²) in [6.07, 6.45) is 3.90. The Bertz CT molecular complexity index is 324. The maximum Gasteiger partial charge on any atom is 0.326 e. The van der Waals surface area contributed by atoms with Crippen LogP contribution in [0, 0.1) is 17.8 Å². The molecule has 4 heteroatoms. The van der Waals surface area contributed by atoms with Gasteiger partial charge in [0.1, 0.15) is 5.54 Å². The number of carbonyl (C=O) groups is 1. The van der Waals surface area contributed by atoms with Gasteiger partial charge in [0.05, 0.1) is 7.11 Å². The summed E-state index contributed by atoms with van der Waals surface area (Å²) in [5, 5.41) is 0. The number of methoxy groups -OCH3 is 1. The Balaban J connectivity index is 1.87. The van der Waals surface area contributed by atoms with Crippen molar-refractivity contribution in [3.63, 3.8) is 0 Å². The number of likely N-dealkylation sites (tertiary alicyclic amines) is 1. The molecule has 2 N–H and O–H groups in total. The molecule has 0 aromatic carbocycles. The first-order valence-corrected chi connectivity index (χ1v) is 7.57. The first-order valence-electron chi connectivity index (χ1n) is 7.57. The highest BCUT2D eigenvalue weighted by Gasteiger charge is 2.46. The fraction of sp³-hybridized carbons (Fsp3) is 0.933. The van der Waals surface area contributed by atoms with E-state index in [2.05, 4.69) is 18.7 Å². The van der Waals surface area contributed by atoms with Crippen molar-refractivity contribution >= 4 is 5.97 Å². The van der Waals surface area contributed by atoms with Crippen molar-refractivity contribution in [1.29, 1.82) is 0 Å². The van der Waals surface area contributed by atoms with Gasteiger partial charge >= 0.3 is 5.97 Å². The third kappa shape index (κ3) is 2.95. The van der Waals surface area contributed by atoms with E-state index >= 15 is 0 Å². The van der Waals surface area contributed by atoms with Gasteiger partial charge in [-0.05, 0) is 43.6 Å². The van der Waals surface area contributed by atoms with E-state index in [4.69, 9.17) is 10.5 Å². The molecule has 0 radical (unpaired) electrons. The minimum absolute atomic E-state index is 0.224. The summed E-state index contributed by atoms with van der Waals surface area (Å²) in [6, 6.07) is 0. The lowest BCUT2D eigenvalue weighted by Gasteiger charge is -2.29. The lowest BCUT2D eigenvalue weighted by molar-refractivity contribution is -0.148. The molecule has 0 spiro atoms. The van der Waals surface area contributed by atoms with Crippen molar-refractivity contribution < 1.29 is 9.53 Å². The smallest absolute Gasteiger partial charge is 0.326 e. The summed E-state index contributed by atoms with van der Waals surface area (Å²) in [7, 11) is 1.44. The Hall–Kier alpha value is -0.610. The molecule has 1 aliphatic heterocycles. The zero-order valence-corrected chi connectivity index (χ0v) is 12.5. The quantitative estimate of drug-likeness (QED) is 0.788. The average molecular weight is 268 g/mol. The summed E-state index contributed by atoms with van der Waals surface area (Å²) in [5.74, 6) is 1.63. The molecule has 1 aliphatic carbocycles. The number of carbonyl (C=O) groups excluding carboxylic acids is 1. The fourth-order valence-electron chi connectivity index (χ4n) is 3.73. The first kappa shape index (κ1) is 14.8. The van der Waals surface area contributed by atoms with E-state index < -0.39 is 5.54 Å². The van der Waals surface area contributed by atoms with Crippen molar-refractivity contribution in [3.05, 3.63) is 0 Å². The van der Waals surface area contributed by atoms with Gasteiger partial charge in [0.25, 0.3) is 0 Å². The number of nitrogens with zero attached hydrogens (tertiary/aromatic N) is 1. The predicted octanol–water partition coefficient (Wildman–Crippen LogP) is 1.63. The maximum atomic E-state index is 11.9. The molecule has 0 bridgehead atoms. The van der Waals surface area contributed by atoms with E-state index in [1.54, 1.807) is 0 Å². The molecular formula is C15H28N2O2. The topological polar surface area (TPSA) is 55.6 Å². The van der Waals surface area contributed by atoms with Crippen LogP contribution in [0.3, 0.4) is 0 Å². The SMILES string of the molecule is COC(=O)C1(N)CCCC1CCN1CC(C)C(C)C1. The molecule has 1 heterocycles. The minimum Gasteiger partial charge on any atom is -0.468 e. The van der Waals surface area contributed by atoms with Gasteiger partial charge in [-0.15, -0.1) is 0 Å². The van der Waals surface area contributed by atoms with E-state index in [1.165, 1.54) is 20.2 Å². The van der Waals surface area contributed by atoms with Gasteiger partial charge in [0.2, 0.25) is 0 Å². The van der Waals surface area contributed by atoms with Crippen LogP contribution in [0.4, 0.5) is 0 Å². The van der Waals surface area contributed by atoms with Gasteiger partial charge in [-0.1, -0.05) is 20.3 Å². The molecule has 2 aliphatic rings. The highest BCUT2D eigenvalue weighted by Crippen LogP contribution is 2.37. The number of nitrogens with two attached hydrogens (primary N) is 1. The number of esters is 1. The minimum atomic E-state index is -0.730. The van der Waals surface area contributed by atoms with Crippen LogP contribution in [0.1, 0.15) is 39.5 Å². The maximum absolute atomic E-state index is 11.9. The van der Waals surface area contributed by atoms with Crippen LogP contribution >= 0.6 is 0 Å². The average Bonchev–Trinajstić information content (AvgIpc) is 2.91. The predicted molar refractivity (Wildman–Crippen MR) is 75.7 cm³/mol. The molecule has 2 rings (SSSR count). The summed E-state index contributed by atoms with van der Waals surface area (Å²) >= 11 is 0. The van der Waals surface area contributed by atoms with Gasteiger partial charge < -0.3 is 15.4 Å². The second-order valence-corrected chi connectivity index (χ2v) is 6.62. The number of hydrogen-bond donors (Lipinski definition) is 1. The Kier molecular flexibility index (Phi) is 4.51. The Morgan fingerprint density at radius 1 is 1.37 bits per heavy atom. The van der Waals surface area contributed by atoms with Crippen LogP contribution < -0.4 is 5.73 Å². The summed E-state index contributed by atoms with van der Waals surface area (Å²) in [6.45, 7) is 8.08. The lowest BCUT2D eigenvalue weighted by Crippen LogP contribution is -2.52. The Morgan fingerprint density at radius 2 is 2.00 bits per heavy atom. The molecule has 1 saturated carbocycles. The third-order valence-electron chi connectivity index (χ3n) is 5.29. The van der Waals surface area contributed by atoms with Crippen LogP contribution in [-0.4, -0.2) is 43.2 Å². The number of hydrogen-bond acceptors (Lipinski definition) is 4. The largest absolute Gasteiger partial charge is 0.468 e. The van der Waals surface area contributed by atoms with Gasteiger partial charge in [0, 0.05) is 13.1 Å². The molecular weight excluding hydrogens is 240 g/mol. The standard InChI is InChI=1S/C15H28N2O2/c1-11-9-17(10-12(11)2)8-6-13-5-4-7-15(13,16)14(18)19-3/h11-13H,4-10,16H2,1-3H3. The fourth-order valence-corrected chi connectivity index (χ4v) is 3.73. The van der Waals surface area contributed by atoms with E-state index in [-0.39, 0.29) is 11.9 Å². The summed E-state index contributed by atoms with van der Waals surface area (Å²) in [5.41, 5.74) is 5.57. The molecule has 19 heavy (non-hydrogen) atoms. The van der Waals surface area contributed by atoms with Gasteiger partial charge in [0.15, 0.2) is 0 Å². The first-order chi connectivity index (χ1) is 8.97. The molecule has 4 unspecified atom stereocenters. The molecule has 0 aromatic heterocycles. The lowest BCUT2D eigenvalue weighted by atomic mass is 9.85. The number of rotatable bonds is 4. The second kappa shape index (κ2) is 5.80. The summed E-state index contributed by atoms with van der Waals surface area (Å²) < 4.78 is 4.90. The van der Waals surface area contributed by atoms with Crippen molar-refractivity contribution in [2.24, 2.45) is 23.5 Å². The van der Waals surface area contributed by atoms with Crippen molar-refractivity contribution in [3.8, 4) is 0 Å². The highest BCUT2D eigenvalue weighted by molar-refractivity contribution is 5.81. The van der Waals surface area contributed by atoms with E-state index in [1.807, 2.05) is 0 Å². The molecule has 1 saturated heterocycles. The highest BCUT2D eigenvalue weighted by atomic mass is 16.5.